The standard InChI is InChI=1S/C36H41ClN2O5S/c1-4-6-18-43-19-20-44-32-13-10-28(11-14-32)34-22-29(36(42-3)23-35(34)37)9-12-31(40)21-27-7-15-33(16-8-27)45(41)25-30-24-38-26-39(30)17-5-2/h7-16,22-24,26H,4-6,17-21,25H2,1-3H3/b12-9+/t45-/m0/s1. The van der Waals surface area contributed by atoms with E-state index in [-0.39, 0.29) is 12.2 Å². The molecular weight excluding hydrogens is 608 g/mol. The summed E-state index contributed by atoms with van der Waals surface area (Å²) < 4.78 is 31.9. The maximum absolute atomic E-state index is 12.9. The molecule has 0 fully saturated rings. The molecule has 3 aromatic carbocycles. The summed E-state index contributed by atoms with van der Waals surface area (Å²) in [7, 11) is 0.374. The number of unbranched alkanes of at least 4 members (excludes halogenated alkanes) is 1. The van der Waals surface area contributed by atoms with Crippen molar-refractivity contribution in [2.24, 2.45) is 0 Å². The molecule has 0 saturated carbocycles. The number of hydrogen-bond acceptors (Lipinski definition) is 6. The van der Waals surface area contributed by atoms with Crippen LogP contribution in [0, 0.1) is 0 Å². The van der Waals surface area contributed by atoms with E-state index in [0.717, 1.165) is 71.0 Å². The van der Waals surface area contributed by atoms with Crippen molar-refractivity contribution in [1.29, 1.82) is 0 Å². The van der Waals surface area contributed by atoms with Crippen molar-refractivity contribution in [2.75, 3.05) is 26.9 Å². The molecule has 45 heavy (non-hydrogen) atoms. The van der Waals surface area contributed by atoms with Crippen LogP contribution in [0.3, 0.4) is 0 Å². The maximum Gasteiger partial charge on any atom is 0.160 e. The highest BCUT2D eigenvalue weighted by molar-refractivity contribution is 7.84. The molecule has 0 saturated heterocycles. The third-order valence-electron chi connectivity index (χ3n) is 7.18. The quantitative estimate of drug-likeness (QED) is 0.0805. The van der Waals surface area contributed by atoms with Gasteiger partial charge in [-0.05, 0) is 72.5 Å². The van der Waals surface area contributed by atoms with Crippen molar-refractivity contribution < 1.29 is 23.2 Å². The fraction of sp³-hybridized carbons (Fsp3) is 0.333. The lowest BCUT2D eigenvalue weighted by Crippen LogP contribution is -2.07. The first kappa shape index (κ1) is 34.2. The second kappa shape index (κ2) is 17.7. The SMILES string of the molecule is CCCCOCCOc1ccc(-c2cc(/C=C/C(=O)Cc3ccc([S@@](=O)Cc4cncn4CCC)cc3)c(OC)cc2Cl)cc1. The lowest BCUT2D eigenvalue weighted by Gasteiger charge is -2.12. The third kappa shape index (κ3) is 10.1. The third-order valence-corrected chi connectivity index (χ3v) is 8.85. The number of hydrogen-bond donors (Lipinski definition) is 0. The summed E-state index contributed by atoms with van der Waals surface area (Å²) in [5.41, 5.74) is 4.27. The molecular formula is C36H41ClN2O5S. The summed E-state index contributed by atoms with van der Waals surface area (Å²) in [5, 5.41) is 0.542. The lowest BCUT2D eigenvalue weighted by atomic mass is 10.0. The van der Waals surface area contributed by atoms with Gasteiger partial charge in [-0.2, -0.15) is 0 Å². The number of methoxy groups -OCH3 is 1. The van der Waals surface area contributed by atoms with E-state index in [1.165, 1.54) is 0 Å². The Morgan fingerprint density at radius 3 is 2.49 bits per heavy atom. The molecule has 4 rings (SSSR count). The van der Waals surface area contributed by atoms with Crippen LogP contribution in [0.5, 0.6) is 11.5 Å². The van der Waals surface area contributed by atoms with Gasteiger partial charge in [0.15, 0.2) is 5.78 Å². The van der Waals surface area contributed by atoms with Crippen molar-refractivity contribution >= 4 is 34.3 Å². The Morgan fingerprint density at radius 1 is 1.00 bits per heavy atom. The van der Waals surface area contributed by atoms with Gasteiger partial charge in [-0.15, -0.1) is 0 Å². The van der Waals surface area contributed by atoms with Gasteiger partial charge in [0, 0.05) is 41.8 Å². The van der Waals surface area contributed by atoms with Crippen molar-refractivity contribution in [3.8, 4) is 22.6 Å². The Morgan fingerprint density at radius 2 is 1.78 bits per heavy atom. The normalized spacial score (nSPS) is 12.0. The van der Waals surface area contributed by atoms with Crippen LogP contribution >= 0.6 is 11.6 Å². The van der Waals surface area contributed by atoms with Crippen molar-refractivity contribution in [3.05, 3.63) is 101 Å². The Kier molecular flexibility index (Phi) is 13.4. The molecule has 0 N–H and O–H groups in total. The van der Waals surface area contributed by atoms with Gasteiger partial charge in [0.2, 0.25) is 0 Å². The fourth-order valence-corrected chi connectivity index (χ4v) is 6.11. The van der Waals surface area contributed by atoms with Gasteiger partial charge < -0.3 is 18.8 Å². The number of ketones is 1. The molecule has 9 heteroatoms. The van der Waals surface area contributed by atoms with Gasteiger partial charge in [-0.25, -0.2) is 4.98 Å². The molecule has 0 aliphatic heterocycles. The molecule has 7 nitrogen and oxygen atoms in total. The number of imidazole rings is 1. The highest BCUT2D eigenvalue weighted by atomic mass is 35.5. The smallest absolute Gasteiger partial charge is 0.160 e. The van der Waals surface area contributed by atoms with Gasteiger partial charge in [0.05, 0.1) is 47.3 Å². The average Bonchev–Trinajstić information content (AvgIpc) is 3.49. The first-order valence-electron chi connectivity index (χ1n) is 15.3. The molecule has 0 spiro atoms. The molecule has 238 valence electrons. The molecule has 1 aromatic heterocycles. The number of carbonyl (C=O) groups excluding carboxylic acids is 1. The Balaban J connectivity index is 1.37. The minimum atomic E-state index is -1.20. The van der Waals surface area contributed by atoms with E-state index in [9.17, 15) is 9.00 Å². The lowest BCUT2D eigenvalue weighted by molar-refractivity contribution is -0.113. The average molecular weight is 649 g/mol. The van der Waals surface area contributed by atoms with Gasteiger partial charge >= 0.3 is 0 Å². The molecule has 1 heterocycles. The molecule has 0 radical (unpaired) electrons. The van der Waals surface area contributed by atoms with Crippen LogP contribution in [0.1, 0.15) is 49.9 Å². The number of rotatable bonds is 18. The van der Waals surface area contributed by atoms with Crippen molar-refractivity contribution in [2.45, 2.75) is 56.7 Å². The largest absolute Gasteiger partial charge is 0.496 e. The number of ether oxygens (including phenoxy) is 3. The van der Waals surface area contributed by atoms with Gasteiger partial charge in [0.1, 0.15) is 18.1 Å². The van der Waals surface area contributed by atoms with Crippen LogP contribution < -0.4 is 9.47 Å². The van der Waals surface area contributed by atoms with Gasteiger partial charge in [-0.1, -0.05) is 56.1 Å². The number of halogens is 1. The summed E-state index contributed by atoms with van der Waals surface area (Å²) in [6.45, 7) is 6.88. The summed E-state index contributed by atoms with van der Waals surface area (Å²) in [6, 6.07) is 18.8. The summed E-state index contributed by atoms with van der Waals surface area (Å²) in [5.74, 6) is 1.67. The van der Waals surface area contributed by atoms with E-state index in [0.29, 0.717) is 29.7 Å². The van der Waals surface area contributed by atoms with Crippen LogP contribution in [-0.4, -0.2) is 46.5 Å². The minimum Gasteiger partial charge on any atom is -0.496 e. The van der Waals surface area contributed by atoms with E-state index < -0.39 is 10.8 Å². The topological polar surface area (TPSA) is 79.7 Å². The number of allylic oxidation sites excluding steroid dienone is 1. The molecule has 0 aliphatic rings. The molecule has 4 aromatic rings. The second-order valence-corrected chi connectivity index (χ2v) is 12.5. The molecule has 0 amide bonds. The van der Waals surface area contributed by atoms with Crippen LogP contribution in [0.25, 0.3) is 17.2 Å². The first-order valence-corrected chi connectivity index (χ1v) is 17.0. The van der Waals surface area contributed by atoms with Crippen LogP contribution in [0.15, 0.2) is 84.2 Å². The highest BCUT2D eigenvalue weighted by Crippen LogP contribution is 2.35. The highest BCUT2D eigenvalue weighted by Gasteiger charge is 2.12. The van der Waals surface area contributed by atoms with E-state index in [1.54, 1.807) is 37.9 Å². The predicted octanol–water partition coefficient (Wildman–Crippen LogP) is 7.95. The Hall–Kier alpha value is -3.72. The van der Waals surface area contributed by atoms with Gasteiger partial charge in [-0.3, -0.25) is 9.00 Å². The number of nitrogens with zero attached hydrogens (tertiary/aromatic N) is 2. The Labute approximate surface area is 273 Å². The maximum atomic E-state index is 12.9. The van der Waals surface area contributed by atoms with E-state index in [2.05, 4.69) is 18.8 Å². The number of aryl methyl sites for hydroxylation is 1. The summed E-state index contributed by atoms with van der Waals surface area (Å²) in [4.78, 5) is 17.8. The van der Waals surface area contributed by atoms with E-state index in [4.69, 9.17) is 25.8 Å². The monoisotopic (exact) mass is 648 g/mol. The minimum absolute atomic E-state index is 0.0638. The number of aromatic nitrogens is 2. The van der Waals surface area contributed by atoms with Crippen molar-refractivity contribution in [1.82, 2.24) is 9.55 Å². The predicted molar refractivity (Wildman–Crippen MR) is 181 cm³/mol. The molecule has 0 bridgehead atoms. The zero-order valence-electron chi connectivity index (χ0n) is 26.2. The van der Waals surface area contributed by atoms with Crippen LogP contribution in [0.4, 0.5) is 0 Å². The van der Waals surface area contributed by atoms with E-state index in [1.807, 2.05) is 59.2 Å². The molecule has 0 aliphatic carbocycles. The number of benzene rings is 3. The summed E-state index contributed by atoms with van der Waals surface area (Å²) >= 11 is 6.62. The Bertz CT molecular complexity index is 1580. The van der Waals surface area contributed by atoms with Crippen molar-refractivity contribution in [3.63, 3.8) is 0 Å². The molecule has 0 unspecified atom stereocenters. The van der Waals surface area contributed by atoms with Crippen LogP contribution in [-0.2, 0) is 39.0 Å². The fourth-order valence-electron chi connectivity index (χ4n) is 4.73. The number of carbonyl (C=O) groups is 1. The zero-order valence-corrected chi connectivity index (χ0v) is 27.7. The first-order chi connectivity index (χ1) is 21.9. The summed E-state index contributed by atoms with van der Waals surface area (Å²) in [6.07, 6.45) is 10.2. The van der Waals surface area contributed by atoms with Gasteiger partial charge in [0.25, 0.3) is 0 Å². The molecule has 1 atom stereocenters. The zero-order chi connectivity index (χ0) is 32.0. The van der Waals surface area contributed by atoms with Crippen LogP contribution in [0.2, 0.25) is 5.02 Å². The van der Waals surface area contributed by atoms with E-state index >= 15 is 0 Å². The second-order valence-electron chi connectivity index (χ2n) is 10.6.